The first-order valence-corrected chi connectivity index (χ1v) is 12.5. The average Bonchev–Trinajstić information content (AvgIpc) is 3.62. The number of hydrogen-bond acceptors (Lipinski definition) is 5. The monoisotopic (exact) mass is 521 g/mol. The van der Waals surface area contributed by atoms with Crippen LogP contribution in [0.3, 0.4) is 0 Å². The van der Waals surface area contributed by atoms with Crippen molar-refractivity contribution in [2.24, 2.45) is 0 Å². The third kappa shape index (κ3) is 4.44. The topological polar surface area (TPSA) is 106 Å². The number of aromatic nitrogens is 2. The van der Waals surface area contributed by atoms with E-state index in [0.29, 0.717) is 16.5 Å². The lowest BCUT2D eigenvalue weighted by Crippen LogP contribution is -2.64. The summed E-state index contributed by atoms with van der Waals surface area (Å²) in [5.41, 5.74) is 1.15. The minimum Gasteiger partial charge on any atom is -0.496 e. The van der Waals surface area contributed by atoms with Gasteiger partial charge in [0.1, 0.15) is 17.0 Å². The summed E-state index contributed by atoms with van der Waals surface area (Å²) in [5.74, 6) is -0.491. The van der Waals surface area contributed by atoms with Gasteiger partial charge in [-0.1, -0.05) is 35.9 Å². The van der Waals surface area contributed by atoms with Crippen LogP contribution in [0.4, 0.5) is 5.69 Å². The fourth-order valence-corrected chi connectivity index (χ4v) is 5.04. The molecule has 192 valence electrons. The Morgan fingerprint density at radius 1 is 1.19 bits per heavy atom. The molecule has 9 nitrogen and oxygen atoms in total. The van der Waals surface area contributed by atoms with Gasteiger partial charge in [0, 0.05) is 28.9 Å². The number of imidazole rings is 1. The van der Waals surface area contributed by atoms with E-state index in [1.807, 2.05) is 24.3 Å². The first kappa shape index (κ1) is 24.8. The molecule has 3 amide bonds. The van der Waals surface area contributed by atoms with Crippen molar-refractivity contribution in [3.8, 4) is 5.75 Å². The number of ether oxygens (including phenoxy) is 1. The zero-order valence-electron chi connectivity index (χ0n) is 20.9. The fourth-order valence-electron chi connectivity index (χ4n) is 4.86. The number of hydrogen-bond donors (Lipinski definition) is 2. The second kappa shape index (κ2) is 9.55. The molecule has 3 aromatic rings. The van der Waals surface area contributed by atoms with Gasteiger partial charge in [-0.15, -0.1) is 0 Å². The lowest BCUT2D eigenvalue weighted by atomic mass is 9.93. The van der Waals surface area contributed by atoms with Crippen molar-refractivity contribution in [1.82, 2.24) is 19.8 Å². The molecule has 2 heterocycles. The van der Waals surface area contributed by atoms with Crippen molar-refractivity contribution >= 4 is 35.0 Å². The van der Waals surface area contributed by atoms with Crippen LogP contribution in [0.5, 0.6) is 5.75 Å². The first-order chi connectivity index (χ1) is 17.7. The van der Waals surface area contributed by atoms with E-state index in [-0.39, 0.29) is 42.3 Å². The molecule has 5 rings (SSSR count). The maximum absolute atomic E-state index is 13.8. The number of nitrogens with zero attached hydrogens (tertiary/aromatic N) is 3. The van der Waals surface area contributed by atoms with Crippen LogP contribution in [-0.2, 0) is 17.9 Å². The fraction of sp³-hybridized carbons (Fsp3) is 0.333. The first-order valence-electron chi connectivity index (χ1n) is 12.1. The molecule has 0 unspecified atom stereocenters. The molecule has 2 N–H and O–H groups in total. The molecule has 1 aliphatic heterocycles. The van der Waals surface area contributed by atoms with Crippen molar-refractivity contribution in [3.63, 3.8) is 0 Å². The molecule has 0 radical (unpaired) electrons. The second-order valence-electron chi connectivity index (χ2n) is 9.61. The summed E-state index contributed by atoms with van der Waals surface area (Å²) in [6.07, 6.45) is 3.06. The van der Waals surface area contributed by atoms with Gasteiger partial charge in [-0.25, -0.2) is 4.98 Å². The zero-order valence-corrected chi connectivity index (χ0v) is 21.6. The van der Waals surface area contributed by atoms with Gasteiger partial charge in [-0.2, -0.15) is 0 Å². The van der Waals surface area contributed by atoms with E-state index in [2.05, 4.69) is 15.6 Å². The number of fused-ring (bicyclic) bond motifs is 1. The maximum atomic E-state index is 13.8. The molecule has 0 saturated heterocycles. The summed E-state index contributed by atoms with van der Waals surface area (Å²) in [6.45, 7) is 4.00. The summed E-state index contributed by atoms with van der Waals surface area (Å²) in [4.78, 5) is 46.5. The van der Waals surface area contributed by atoms with Crippen LogP contribution < -0.4 is 15.4 Å². The van der Waals surface area contributed by atoms with Crippen LogP contribution in [0.2, 0.25) is 5.02 Å². The van der Waals surface area contributed by atoms with Crippen molar-refractivity contribution in [1.29, 1.82) is 0 Å². The van der Waals surface area contributed by atoms with Crippen LogP contribution in [0.15, 0.2) is 48.8 Å². The molecule has 1 aromatic heterocycles. The predicted octanol–water partition coefficient (Wildman–Crippen LogP) is 3.80. The third-order valence-corrected chi connectivity index (χ3v) is 7.44. The number of anilines is 1. The molecule has 1 atom stereocenters. The van der Waals surface area contributed by atoms with Gasteiger partial charge in [-0.05, 0) is 50.5 Å². The standard InChI is InChI=1S/C27H28ClN5O4/c1-16-19(28)8-6-9-20(16)31-24(34)22-23-25(35)33(18-11-12-18)27(2,14-32(23)15-30-22)26(36)29-13-17-7-4-5-10-21(17)37-3/h4-10,15,18H,11-14H2,1-3H3,(H,29,36)(H,31,34)/t27-/m1/s1. The van der Waals surface area contributed by atoms with Crippen LogP contribution in [-0.4, -0.2) is 50.9 Å². The molecular formula is C27H28ClN5O4. The molecule has 2 aliphatic rings. The Morgan fingerprint density at radius 3 is 2.68 bits per heavy atom. The molecule has 1 aliphatic carbocycles. The largest absolute Gasteiger partial charge is 0.496 e. The Morgan fingerprint density at radius 2 is 1.95 bits per heavy atom. The Balaban J connectivity index is 1.41. The van der Waals surface area contributed by atoms with Gasteiger partial charge in [0.15, 0.2) is 5.69 Å². The van der Waals surface area contributed by atoms with E-state index in [4.69, 9.17) is 16.3 Å². The van der Waals surface area contributed by atoms with Crippen molar-refractivity contribution in [2.45, 2.75) is 51.4 Å². The maximum Gasteiger partial charge on any atom is 0.276 e. The number of carbonyl (C=O) groups is 3. The van der Waals surface area contributed by atoms with Crippen LogP contribution in [0, 0.1) is 6.92 Å². The summed E-state index contributed by atoms with van der Waals surface area (Å²) >= 11 is 6.19. The Kier molecular flexibility index (Phi) is 6.41. The normalized spacial score (nSPS) is 18.8. The highest BCUT2D eigenvalue weighted by molar-refractivity contribution is 6.31. The highest BCUT2D eigenvalue weighted by atomic mass is 35.5. The van der Waals surface area contributed by atoms with Crippen LogP contribution in [0.25, 0.3) is 0 Å². The van der Waals surface area contributed by atoms with Gasteiger partial charge >= 0.3 is 0 Å². The highest BCUT2D eigenvalue weighted by Gasteiger charge is 2.53. The molecule has 37 heavy (non-hydrogen) atoms. The van der Waals surface area contributed by atoms with Crippen LogP contribution >= 0.6 is 11.6 Å². The molecule has 2 aromatic carbocycles. The van der Waals surface area contributed by atoms with E-state index in [9.17, 15) is 14.4 Å². The average molecular weight is 522 g/mol. The van der Waals surface area contributed by atoms with Gasteiger partial charge in [0.25, 0.3) is 11.8 Å². The number of benzene rings is 2. The lowest BCUT2D eigenvalue weighted by molar-refractivity contribution is -0.133. The number of amides is 3. The van der Waals surface area contributed by atoms with E-state index >= 15 is 0 Å². The van der Waals surface area contributed by atoms with Crippen molar-refractivity contribution < 1.29 is 19.1 Å². The van der Waals surface area contributed by atoms with Crippen molar-refractivity contribution in [3.05, 3.63) is 76.3 Å². The smallest absolute Gasteiger partial charge is 0.276 e. The van der Waals surface area contributed by atoms with Gasteiger partial charge in [-0.3, -0.25) is 14.4 Å². The number of para-hydroxylation sites is 1. The Labute approximate surface area is 219 Å². The van der Waals surface area contributed by atoms with Gasteiger partial charge < -0.3 is 24.8 Å². The minimum atomic E-state index is -1.15. The molecule has 0 bridgehead atoms. The number of methoxy groups -OCH3 is 1. The van der Waals surface area contributed by atoms with E-state index < -0.39 is 11.4 Å². The molecule has 1 fully saturated rings. The highest BCUT2D eigenvalue weighted by Crippen LogP contribution is 2.39. The number of halogens is 1. The van der Waals surface area contributed by atoms with E-state index in [1.54, 1.807) is 48.6 Å². The predicted molar refractivity (Wildman–Crippen MR) is 139 cm³/mol. The quantitative estimate of drug-likeness (QED) is 0.492. The SMILES string of the molecule is COc1ccccc1CNC(=O)[C@@]1(C)Cn2cnc(C(=O)Nc3cccc(Cl)c3C)c2C(=O)N1C1CC1. The molecule has 1 saturated carbocycles. The molecule has 0 spiro atoms. The third-order valence-electron chi connectivity index (χ3n) is 7.03. The molecular weight excluding hydrogens is 494 g/mol. The lowest BCUT2D eigenvalue weighted by Gasteiger charge is -2.44. The number of nitrogens with one attached hydrogen (secondary N) is 2. The Hall–Kier alpha value is -3.85. The Bertz CT molecular complexity index is 1400. The van der Waals surface area contributed by atoms with Gasteiger partial charge in [0.2, 0.25) is 5.91 Å². The second-order valence-corrected chi connectivity index (χ2v) is 10.0. The van der Waals surface area contributed by atoms with E-state index in [0.717, 1.165) is 24.0 Å². The summed E-state index contributed by atoms with van der Waals surface area (Å²) in [6, 6.07) is 12.6. The number of rotatable bonds is 7. The number of carbonyl (C=O) groups excluding carboxylic acids is 3. The van der Waals surface area contributed by atoms with E-state index in [1.165, 1.54) is 6.33 Å². The zero-order chi connectivity index (χ0) is 26.3. The summed E-state index contributed by atoms with van der Waals surface area (Å²) in [7, 11) is 1.58. The van der Waals surface area contributed by atoms with Gasteiger partial charge in [0.05, 0.1) is 20.0 Å². The summed E-state index contributed by atoms with van der Waals surface area (Å²) < 4.78 is 6.99. The van der Waals surface area contributed by atoms with Crippen LogP contribution in [0.1, 0.15) is 51.9 Å². The minimum absolute atomic E-state index is 0.0199. The molecule has 10 heteroatoms. The van der Waals surface area contributed by atoms with Crippen molar-refractivity contribution in [2.75, 3.05) is 12.4 Å². The summed E-state index contributed by atoms with van der Waals surface area (Å²) in [5, 5.41) is 6.32.